The Kier molecular flexibility index (Phi) is 7.12. The van der Waals surface area contributed by atoms with Crippen LogP contribution in [0.5, 0.6) is 0 Å². The minimum Gasteiger partial charge on any atom is -0.324 e. The van der Waals surface area contributed by atoms with Gasteiger partial charge in [-0.05, 0) is 87.0 Å². The van der Waals surface area contributed by atoms with Gasteiger partial charge in [0, 0.05) is 22.8 Å². The van der Waals surface area contributed by atoms with Crippen LogP contribution in [0.25, 0.3) is 11.8 Å². The van der Waals surface area contributed by atoms with Crippen LogP contribution in [-0.2, 0) is 9.59 Å². The lowest BCUT2D eigenvalue weighted by atomic mass is 10.1. The summed E-state index contributed by atoms with van der Waals surface area (Å²) < 4.78 is 2.00. The zero-order valence-corrected chi connectivity index (χ0v) is 21.9. The predicted octanol–water partition coefficient (Wildman–Crippen LogP) is 6.69. The summed E-state index contributed by atoms with van der Waals surface area (Å²) >= 11 is 13.1. The topological polar surface area (TPSA) is 71.4 Å². The van der Waals surface area contributed by atoms with Crippen molar-refractivity contribution < 1.29 is 14.4 Å². The maximum absolute atomic E-state index is 13.0. The SMILES string of the molecule is Cc1ccc(NC(=O)CN2C(=O)S/C(=C\c3cc(C)n(-c4ccc(Cl)c(Cl)c4)c3C)C2=O)c(C)c1. The summed E-state index contributed by atoms with van der Waals surface area (Å²) in [7, 11) is 0. The molecular formula is C26H23Cl2N3O3S. The first-order valence-corrected chi connectivity index (χ1v) is 12.4. The van der Waals surface area contributed by atoms with E-state index < -0.39 is 17.1 Å². The first-order valence-electron chi connectivity index (χ1n) is 10.8. The van der Waals surface area contributed by atoms with Gasteiger partial charge in [0.15, 0.2) is 0 Å². The number of halogens is 2. The van der Waals surface area contributed by atoms with E-state index in [1.807, 2.05) is 56.5 Å². The highest BCUT2D eigenvalue weighted by molar-refractivity contribution is 8.18. The molecule has 0 aliphatic carbocycles. The normalized spacial score (nSPS) is 14.8. The fraction of sp³-hybridized carbons (Fsp3) is 0.192. The number of rotatable bonds is 5. The number of amides is 3. The molecule has 2 heterocycles. The third kappa shape index (κ3) is 5.17. The highest BCUT2D eigenvalue weighted by Crippen LogP contribution is 2.34. The molecule has 9 heteroatoms. The van der Waals surface area contributed by atoms with E-state index in [2.05, 4.69) is 5.32 Å². The number of aryl methyl sites for hydroxylation is 3. The fourth-order valence-electron chi connectivity index (χ4n) is 4.02. The Morgan fingerprint density at radius 2 is 1.74 bits per heavy atom. The van der Waals surface area contributed by atoms with Crippen LogP contribution in [0, 0.1) is 27.7 Å². The molecule has 1 fully saturated rings. The zero-order valence-electron chi connectivity index (χ0n) is 19.6. The van der Waals surface area contributed by atoms with Crippen molar-refractivity contribution in [2.75, 3.05) is 11.9 Å². The second-order valence-corrected chi connectivity index (χ2v) is 10.2. The molecule has 1 aliphatic rings. The number of benzene rings is 2. The standard InChI is InChI=1S/C26H23Cl2N3O3S/c1-14-5-8-22(15(2)9-14)29-24(32)13-30-25(33)23(35-26(30)34)11-18-10-16(3)31(17(18)4)19-6-7-20(27)21(28)12-19/h5-12H,13H2,1-4H3,(H,29,32)/b23-11-. The van der Waals surface area contributed by atoms with Gasteiger partial charge >= 0.3 is 0 Å². The van der Waals surface area contributed by atoms with Crippen molar-refractivity contribution in [3.05, 3.63) is 85.5 Å². The molecule has 2 aromatic carbocycles. The highest BCUT2D eigenvalue weighted by atomic mass is 35.5. The van der Waals surface area contributed by atoms with Crippen LogP contribution in [-0.4, -0.2) is 33.1 Å². The molecule has 1 aromatic heterocycles. The molecule has 6 nitrogen and oxygen atoms in total. The quantitative estimate of drug-likeness (QED) is 0.375. The van der Waals surface area contributed by atoms with Crippen LogP contribution in [0.2, 0.25) is 10.0 Å². The monoisotopic (exact) mass is 527 g/mol. The minimum atomic E-state index is -0.491. The second-order valence-electron chi connectivity index (χ2n) is 8.39. The van der Waals surface area contributed by atoms with E-state index in [1.165, 1.54) is 0 Å². The molecule has 0 saturated carbocycles. The van der Waals surface area contributed by atoms with E-state index in [-0.39, 0.29) is 11.4 Å². The summed E-state index contributed by atoms with van der Waals surface area (Å²) in [4.78, 5) is 39.3. The van der Waals surface area contributed by atoms with Gasteiger partial charge in [-0.25, -0.2) is 0 Å². The fourth-order valence-corrected chi connectivity index (χ4v) is 5.14. The van der Waals surface area contributed by atoms with E-state index in [1.54, 1.807) is 24.3 Å². The molecule has 0 radical (unpaired) electrons. The average Bonchev–Trinajstić information content (AvgIpc) is 3.21. The van der Waals surface area contributed by atoms with Crippen molar-refractivity contribution in [3.8, 4) is 5.69 Å². The molecule has 0 spiro atoms. The summed E-state index contributed by atoms with van der Waals surface area (Å²) in [6, 6.07) is 12.9. The largest absolute Gasteiger partial charge is 0.324 e. The van der Waals surface area contributed by atoms with Gasteiger partial charge in [0.25, 0.3) is 11.1 Å². The summed E-state index contributed by atoms with van der Waals surface area (Å²) in [5, 5.41) is 3.21. The molecule has 0 bridgehead atoms. The minimum absolute atomic E-state index is 0.267. The number of anilines is 1. The van der Waals surface area contributed by atoms with Gasteiger partial charge < -0.3 is 9.88 Å². The Bertz CT molecular complexity index is 1410. The van der Waals surface area contributed by atoms with Gasteiger partial charge in [-0.3, -0.25) is 19.3 Å². The third-order valence-electron chi connectivity index (χ3n) is 5.75. The first-order chi connectivity index (χ1) is 16.5. The van der Waals surface area contributed by atoms with Crippen molar-refractivity contribution in [3.63, 3.8) is 0 Å². The molecule has 35 heavy (non-hydrogen) atoms. The van der Waals surface area contributed by atoms with Crippen molar-refractivity contribution in [2.24, 2.45) is 0 Å². The molecule has 3 aromatic rings. The Morgan fingerprint density at radius 3 is 2.43 bits per heavy atom. The average molecular weight is 528 g/mol. The van der Waals surface area contributed by atoms with Crippen molar-refractivity contribution in [1.29, 1.82) is 0 Å². The van der Waals surface area contributed by atoms with Gasteiger partial charge in [0.2, 0.25) is 5.91 Å². The summed E-state index contributed by atoms with van der Waals surface area (Å²) in [6.07, 6.45) is 1.68. The van der Waals surface area contributed by atoms with Gasteiger partial charge in [0.05, 0.1) is 15.0 Å². The van der Waals surface area contributed by atoms with Crippen LogP contribution < -0.4 is 5.32 Å². The van der Waals surface area contributed by atoms with Gasteiger partial charge in [0.1, 0.15) is 6.54 Å². The predicted molar refractivity (Wildman–Crippen MR) is 142 cm³/mol. The number of nitrogens with one attached hydrogen (secondary N) is 1. The van der Waals surface area contributed by atoms with Crippen molar-refractivity contribution in [2.45, 2.75) is 27.7 Å². The van der Waals surface area contributed by atoms with E-state index in [4.69, 9.17) is 23.2 Å². The van der Waals surface area contributed by atoms with Gasteiger partial charge in [-0.2, -0.15) is 0 Å². The molecule has 0 atom stereocenters. The number of aromatic nitrogens is 1. The number of carbonyl (C=O) groups is 3. The number of thioether (sulfide) groups is 1. The molecule has 1 aliphatic heterocycles. The second kappa shape index (κ2) is 9.93. The first kappa shape index (κ1) is 25.1. The Balaban J connectivity index is 1.54. The molecule has 1 saturated heterocycles. The van der Waals surface area contributed by atoms with E-state index in [0.29, 0.717) is 15.7 Å². The number of nitrogens with zero attached hydrogens (tertiary/aromatic N) is 2. The third-order valence-corrected chi connectivity index (χ3v) is 7.40. The van der Waals surface area contributed by atoms with E-state index in [0.717, 1.165) is 50.4 Å². The molecule has 180 valence electrons. The summed E-state index contributed by atoms with van der Waals surface area (Å²) in [5.74, 6) is -0.923. The Hall–Kier alpha value is -3.00. The highest BCUT2D eigenvalue weighted by Gasteiger charge is 2.36. The number of hydrogen-bond donors (Lipinski definition) is 1. The van der Waals surface area contributed by atoms with Crippen LogP contribution in [0.1, 0.15) is 28.1 Å². The number of hydrogen-bond acceptors (Lipinski definition) is 4. The number of imide groups is 1. The smallest absolute Gasteiger partial charge is 0.294 e. The molecular weight excluding hydrogens is 505 g/mol. The molecule has 3 amide bonds. The molecule has 1 N–H and O–H groups in total. The van der Waals surface area contributed by atoms with Crippen LogP contribution in [0.15, 0.2) is 47.4 Å². The van der Waals surface area contributed by atoms with Crippen LogP contribution in [0.3, 0.4) is 0 Å². The summed E-state index contributed by atoms with van der Waals surface area (Å²) in [5.41, 5.74) is 6.07. The van der Waals surface area contributed by atoms with Crippen molar-refractivity contribution >= 4 is 63.8 Å². The molecule has 0 unspecified atom stereocenters. The lowest BCUT2D eigenvalue weighted by Gasteiger charge is -2.14. The van der Waals surface area contributed by atoms with Crippen molar-refractivity contribution in [1.82, 2.24) is 9.47 Å². The lowest BCUT2D eigenvalue weighted by molar-refractivity contribution is -0.127. The molecule has 4 rings (SSSR count). The Morgan fingerprint density at radius 1 is 1.00 bits per heavy atom. The zero-order chi connectivity index (χ0) is 25.4. The van der Waals surface area contributed by atoms with E-state index >= 15 is 0 Å². The summed E-state index contributed by atoms with van der Waals surface area (Å²) in [6.45, 7) is 7.36. The Labute approximate surface area is 217 Å². The lowest BCUT2D eigenvalue weighted by Crippen LogP contribution is -2.36. The van der Waals surface area contributed by atoms with E-state index in [9.17, 15) is 14.4 Å². The maximum Gasteiger partial charge on any atom is 0.294 e. The van der Waals surface area contributed by atoms with Crippen LogP contribution in [0.4, 0.5) is 10.5 Å². The number of carbonyl (C=O) groups excluding carboxylic acids is 3. The maximum atomic E-state index is 13.0. The van der Waals surface area contributed by atoms with Crippen LogP contribution >= 0.6 is 35.0 Å². The van der Waals surface area contributed by atoms with Gasteiger partial charge in [-0.1, -0.05) is 40.9 Å². The van der Waals surface area contributed by atoms with Gasteiger partial charge in [-0.15, -0.1) is 0 Å².